The molecule has 0 aliphatic rings. The average Bonchev–Trinajstić information content (AvgIpc) is 2.68. The minimum Gasteiger partial charge on any atom is -0.488 e. The summed E-state index contributed by atoms with van der Waals surface area (Å²) in [5.41, 5.74) is 2.67. The van der Waals surface area contributed by atoms with Crippen LogP contribution in [0.15, 0.2) is 78.9 Å². The molecular weight excluding hydrogens is 346 g/mol. The molecular formula is C22H20ClNO2. The first-order valence-corrected chi connectivity index (χ1v) is 8.88. The van der Waals surface area contributed by atoms with Crippen molar-refractivity contribution in [3.63, 3.8) is 0 Å². The molecule has 3 aromatic carbocycles. The van der Waals surface area contributed by atoms with E-state index in [1.54, 1.807) is 18.2 Å². The van der Waals surface area contributed by atoms with E-state index in [1.165, 1.54) is 5.56 Å². The average molecular weight is 366 g/mol. The van der Waals surface area contributed by atoms with Crippen LogP contribution in [0.1, 0.15) is 21.5 Å². The number of hydrogen-bond acceptors (Lipinski definition) is 2. The first kappa shape index (κ1) is 18.0. The second kappa shape index (κ2) is 9.07. The highest BCUT2D eigenvalue weighted by atomic mass is 35.5. The Hall–Kier alpha value is -2.78. The molecule has 0 aliphatic heterocycles. The maximum atomic E-state index is 12.6. The molecule has 0 atom stereocenters. The van der Waals surface area contributed by atoms with Gasteiger partial charge in [0.25, 0.3) is 5.91 Å². The molecule has 1 amide bonds. The van der Waals surface area contributed by atoms with Crippen LogP contribution in [0.25, 0.3) is 0 Å². The van der Waals surface area contributed by atoms with Gasteiger partial charge in [0.05, 0.1) is 5.56 Å². The van der Waals surface area contributed by atoms with Crippen LogP contribution in [0.4, 0.5) is 0 Å². The van der Waals surface area contributed by atoms with Crippen molar-refractivity contribution in [1.82, 2.24) is 5.32 Å². The smallest absolute Gasteiger partial charge is 0.255 e. The summed E-state index contributed by atoms with van der Waals surface area (Å²) in [5, 5.41) is 3.44. The summed E-state index contributed by atoms with van der Waals surface area (Å²) >= 11 is 6.07. The summed E-state index contributed by atoms with van der Waals surface area (Å²) in [6.07, 6.45) is 0.771. The maximum Gasteiger partial charge on any atom is 0.255 e. The number of nitrogens with one attached hydrogen (secondary N) is 1. The van der Waals surface area contributed by atoms with Crippen molar-refractivity contribution in [1.29, 1.82) is 0 Å². The minimum absolute atomic E-state index is 0.188. The highest BCUT2D eigenvalue weighted by Crippen LogP contribution is 2.24. The monoisotopic (exact) mass is 365 g/mol. The van der Waals surface area contributed by atoms with Gasteiger partial charge in [-0.15, -0.1) is 0 Å². The minimum atomic E-state index is -0.188. The van der Waals surface area contributed by atoms with E-state index in [9.17, 15) is 4.79 Å². The van der Waals surface area contributed by atoms with Crippen molar-refractivity contribution in [2.75, 3.05) is 6.54 Å². The van der Waals surface area contributed by atoms with Crippen LogP contribution >= 0.6 is 11.6 Å². The lowest BCUT2D eigenvalue weighted by molar-refractivity contribution is 0.0949. The lowest BCUT2D eigenvalue weighted by Crippen LogP contribution is -2.26. The number of carbonyl (C=O) groups excluding carboxylic acids is 1. The van der Waals surface area contributed by atoms with Gasteiger partial charge in [0.15, 0.2) is 0 Å². The maximum absolute atomic E-state index is 12.6. The number of benzene rings is 3. The molecule has 3 nitrogen and oxygen atoms in total. The third-order valence-corrected chi connectivity index (χ3v) is 4.20. The molecule has 3 rings (SSSR count). The van der Waals surface area contributed by atoms with E-state index in [0.29, 0.717) is 29.5 Å². The lowest BCUT2D eigenvalue weighted by Gasteiger charge is -2.12. The number of rotatable bonds is 7. The molecule has 0 unspecified atom stereocenters. The third kappa shape index (κ3) is 5.11. The van der Waals surface area contributed by atoms with Crippen LogP contribution in [0.3, 0.4) is 0 Å². The summed E-state index contributed by atoms with van der Waals surface area (Å²) < 4.78 is 5.84. The molecule has 1 N–H and O–H groups in total. The first-order chi connectivity index (χ1) is 12.7. The van der Waals surface area contributed by atoms with E-state index in [4.69, 9.17) is 16.3 Å². The van der Waals surface area contributed by atoms with Crippen molar-refractivity contribution in [2.45, 2.75) is 13.0 Å². The summed E-state index contributed by atoms with van der Waals surface area (Å²) in [4.78, 5) is 12.6. The molecule has 0 bridgehead atoms. The summed E-state index contributed by atoms with van der Waals surface area (Å²) in [6.45, 7) is 0.945. The van der Waals surface area contributed by atoms with Crippen LogP contribution in [-0.4, -0.2) is 12.5 Å². The van der Waals surface area contributed by atoms with E-state index in [1.807, 2.05) is 60.7 Å². The van der Waals surface area contributed by atoms with Crippen molar-refractivity contribution >= 4 is 17.5 Å². The van der Waals surface area contributed by atoms with E-state index in [-0.39, 0.29) is 5.91 Å². The SMILES string of the molecule is O=C(NCCc1ccccc1)c1cc(Cl)ccc1OCc1ccccc1. The van der Waals surface area contributed by atoms with Crippen LogP contribution in [0, 0.1) is 0 Å². The number of carbonyl (C=O) groups is 1. The fraction of sp³-hybridized carbons (Fsp3) is 0.136. The zero-order chi connectivity index (χ0) is 18.2. The molecule has 3 aromatic rings. The molecule has 0 saturated heterocycles. The number of amides is 1. The molecule has 0 heterocycles. The predicted octanol–water partition coefficient (Wildman–Crippen LogP) is 4.89. The van der Waals surface area contributed by atoms with Gasteiger partial charge in [-0.3, -0.25) is 4.79 Å². The molecule has 0 fully saturated rings. The zero-order valence-corrected chi connectivity index (χ0v) is 15.1. The van der Waals surface area contributed by atoms with Crippen molar-refractivity contribution in [3.05, 3.63) is 101 Å². The topological polar surface area (TPSA) is 38.3 Å². The van der Waals surface area contributed by atoms with E-state index < -0.39 is 0 Å². The molecule has 0 aromatic heterocycles. The van der Waals surface area contributed by atoms with Gasteiger partial charge in [-0.25, -0.2) is 0 Å². The quantitative estimate of drug-likeness (QED) is 0.647. The van der Waals surface area contributed by atoms with Gasteiger partial charge in [0, 0.05) is 11.6 Å². The van der Waals surface area contributed by atoms with E-state index in [2.05, 4.69) is 5.32 Å². The van der Waals surface area contributed by atoms with Gasteiger partial charge < -0.3 is 10.1 Å². The molecule has 0 spiro atoms. The number of hydrogen-bond donors (Lipinski definition) is 1. The van der Waals surface area contributed by atoms with Crippen LogP contribution in [0.2, 0.25) is 5.02 Å². The number of halogens is 1. The van der Waals surface area contributed by atoms with Gasteiger partial charge in [-0.2, -0.15) is 0 Å². The highest BCUT2D eigenvalue weighted by molar-refractivity contribution is 6.31. The summed E-state index contributed by atoms with van der Waals surface area (Å²) in [7, 11) is 0. The third-order valence-electron chi connectivity index (χ3n) is 3.97. The van der Waals surface area contributed by atoms with Gasteiger partial charge in [-0.05, 0) is 35.7 Å². The number of ether oxygens (including phenoxy) is 1. The normalized spacial score (nSPS) is 10.3. The Balaban J connectivity index is 1.63. The Labute approximate surface area is 158 Å². The molecule has 0 aliphatic carbocycles. The molecule has 132 valence electrons. The van der Waals surface area contributed by atoms with E-state index >= 15 is 0 Å². The van der Waals surface area contributed by atoms with E-state index in [0.717, 1.165) is 12.0 Å². The van der Waals surface area contributed by atoms with Crippen molar-refractivity contribution in [3.8, 4) is 5.75 Å². The van der Waals surface area contributed by atoms with Gasteiger partial charge >= 0.3 is 0 Å². The van der Waals surface area contributed by atoms with Crippen LogP contribution < -0.4 is 10.1 Å². The second-order valence-electron chi connectivity index (χ2n) is 5.91. The fourth-order valence-corrected chi connectivity index (χ4v) is 2.77. The standard InChI is InChI=1S/C22H20ClNO2/c23-19-11-12-21(26-16-18-9-5-2-6-10-18)20(15-19)22(25)24-14-13-17-7-3-1-4-8-17/h1-12,15H,13-14,16H2,(H,24,25). The van der Waals surface area contributed by atoms with Crippen LogP contribution in [-0.2, 0) is 13.0 Å². The summed E-state index contributed by atoms with van der Waals surface area (Å²) in [6, 6.07) is 25.0. The lowest BCUT2D eigenvalue weighted by atomic mass is 10.1. The Morgan fingerprint density at radius 2 is 1.54 bits per heavy atom. The first-order valence-electron chi connectivity index (χ1n) is 8.51. The Morgan fingerprint density at radius 1 is 0.885 bits per heavy atom. The predicted molar refractivity (Wildman–Crippen MR) is 105 cm³/mol. The van der Waals surface area contributed by atoms with Crippen LogP contribution in [0.5, 0.6) is 5.75 Å². The van der Waals surface area contributed by atoms with Gasteiger partial charge in [0.2, 0.25) is 0 Å². The highest BCUT2D eigenvalue weighted by Gasteiger charge is 2.13. The molecule has 0 radical (unpaired) electrons. The molecule has 4 heteroatoms. The van der Waals surface area contributed by atoms with Gasteiger partial charge in [0.1, 0.15) is 12.4 Å². The Morgan fingerprint density at radius 3 is 2.23 bits per heavy atom. The summed E-state index contributed by atoms with van der Waals surface area (Å²) in [5.74, 6) is 0.335. The Kier molecular flexibility index (Phi) is 6.29. The van der Waals surface area contributed by atoms with Crippen molar-refractivity contribution in [2.24, 2.45) is 0 Å². The zero-order valence-electron chi connectivity index (χ0n) is 14.3. The van der Waals surface area contributed by atoms with Crippen molar-refractivity contribution < 1.29 is 9.53 Å². The fourth-order valence-electron chi connectivity index (χ4n) is 2.60. The van der Waals surface area contributed by atoms with Gasteiger partial charge in [-0.1, -0.05) is 72.3 Å². The Bertz CT molecular complexity index is 851. The molecule has 26 heavy (non-hydrogen) atoms. The largest absolute Gasteiger partial charge is 0.488 e. The second-order valence-corrected chi connectivity index (χ2v) is 6.34. The molecule has 0 saturated carbocycles.